The van der Waals surface area contributed by atoms with Gasteiger partial charge in [-0.15, -0.1) is 0 Å². The highest BCUT2D eigenvalue weighted by molar-refractivity contribution is 8.00. The van der Waals surface area contributed by atoms with Gasteiger partial charge in [0.25, 0.3) is 5.91 Å². The van der Waals surface area contributed by atoms with Crippen molar-refractivity contribution in [1.29, 1.82) is 0 Å². The van der Waals surface area contributed by atoms with E-state index in [1.54, 1.807) is 0 Å². The van der Waals surface area contributed by atoms with Crippen LogP contribution in [0.3, 0.4) is 0 Å². The molecule has 1 aromatic heterocycles. The van der Waals surface area contributed by atoms with Crippen LogP contribution in [0.2, 0.25) is 0 Å². The number of anilines is 2. The van der Waals surface area contributed by atoms with E-state index < -0.39 is 11.4 Å². The number of carbonyl (C=O) groups is 1. The fourth-order valence-corrected chi connectivity index (χ4v) is 2.99. The number of nitrogens with zero attached hydrogens (tertiary/aromatic N) is 2. The molecule has 0 atom stereocenters. The minimum atomic E-state index is -4.29. The first-order valence-corrected chi connectivity index (χ1v) is 8.08. The number of nitrogens with two attached hydrogens (primary N) is 1. The van der Waals surface area contributed by atoms with E-state index in [1.807, 2.05) is 18.7 Å². The van der Waals surface area contributed by atoms with Crippen molar-refractivity contribution in [1.82, 2.24) is 10.3 Å². The third-order valence-electron chi connectivity index (χ3n) is 2.54. The van der Waals surface area contributed by atoms with Gasteiger partial charge in [0.15, 0.2) is 5.13 Å². The predicted molar refractivity (Wildman–Crippen MR) is 80.9 cm³/mol. The fourth-order valence-electron chi connectivity index (χ4n) is 1.52. The molecule has 10 heteroatoms. The molecule has 21 heavy (non-hydrogen) atoms. The summed E-state index contributed by atoms with van der Waals surface area (Å²) in [5, 5.41) is 3.04. The Labute approximate surface area is 129 Å². The normalized spacial score (nSPS) is 11.5. The summed E-state index contributed by atoms with van der Waals surface area (Å²) in [4.78, 5) is 18.2. The largest absolute Gasteiger partial charge is 0.441 e. The number of nitrogens with one attached hydrogen (secondary N) is 1. The number of nitrogen functional groups attached to an aromatic ring is 1. The molecule has 1 aromatic rings. The highest BCUT2D eigenvalue weighted by Gasteiger charge is 2.27. The standard InChI is InChI=1S/C11H17F3N4OS2/c1-3-18(4-2)10-17-8(15)7(21-10)9(19)16-5-6-20-11(12,13)14/h3-6,15H2,1-2H3,(H,16,19). The van der Waals surface area contributed by atoms with E-state index >= 15 is 0 Å². The first-order chi connectivity index (χ1) is 9.78. The summed E-state index contributed by atoms with van der Waals surface area (Å²) in [5.41, 5.74) is 1.40. The summed E-state index contributed by atoms with van der Waals surface area (Å²) in [7, 11) is 0. The number of rotatable bonds is 7. The van der Waals surface area contributed by atoms with Crippen molar-refractivity contribution in [3.63, 3.8) is 0 Å². The van der Waals surface area contributed by atoms with Crippen LogP contribution >= 0.6 is 23.1 Å². The summed E-state index contributed by atoms with van der Waals surface area (Å²) < 4.78 is 35.9. The van der Waals surface area contributed by atoms with Crippen molar-refractivity contribution in [3.05, 3.63) is 4.88 Å². The quantitative estimate of drug-likeness (QED) is 0.745. The van der Waals surface area contributed by atoms with Gasteiger partial charge in [0, 0.05) is 25.4 Å². The Morgan fingerprint density at radius 2 is 2.05 bits per heavy atom. The lowest BCUT2D eigenvalue weighted by Gasteiger charge is -2.16. The predicted octanol–water partition coefficient (Wildman–Crippen LogP) is 2.55. The van der Waals surface area contributed by atoms with E-state index in [2.05, 4.69) is 10.3 Å². The number of carbonyl (C=O) groups excluding carboxylic acids is 1. The summed E-state index contributed by atoms with van der Waals surface area (Å²) in [6.07, 6.45) is 0. The van der Waals surface area contributed by atoms with E-state index in [4.69, 9.17) is 5.73 Å². The summed E-state index contributed by atoms with van der Waals surface area (Å²) >= 11 is 0.963. The van der Waals surface area contributed by atoms with Gasteiger partial charge in [0.2, 0.25) is 0 Å². The maximum atomic E-state index is 12.0. The average molecular weight is 342 g/mol. The fraction of sp³-hybridized carbons (Fsp3) is 0.636. The zero-order valence-corrected chi connectivity index (χ0v) is 13.3. The molecule has 5 nitrogen and oxygen atoms in total. The zero-order chi connectivity index (χ0) is 16.0. The first kappa shape index (κ1) is 17.9. The first-order valence-electron chi connectivity index (χ1n) is 6.28. The van der Waals surface area contributed by atoms with Crippen molar-refractivity contribution in [2.75, 3.05) is 36.0 Å². The molecule has 1 amide bonds. The van der Waals surface area contributed by atoms with E-state index in [0.29, 0.717) is 5.13 Å². The molecular formula is C11H17F3N4OS2. The molecule has 1 rings (SSSR count). The molecule has 0 aliphatic carbocycles. The van der Waals surface area contributed by atoms with Gasteiger partial charge in [-0.1, -0.05) is 11.3 Å². The lowest BCUT2D eigenvalue weighted by Crippen LogP contribution is -2.26. The van der Waals surface area contributed by atoms with Crippen LogP contribution < -0.4 is 16.0 Å². The number of amides is 1. The van der Waals surface area contributed by atoms with Crippen LogP contribution in [0.5, 0.6) is 0 Å². The Morgan fingerprint density at radius 1 is 1.43 bits per heavy atom. The van der Waals surface area contributed by atoms with Crippen LogP contribution in [0.25, 0.3) is 0 Å². The minimum Gasteiger partial charge on any atom is -0.382 e. The third-order valence-corrected chi connectivity index (χ3v) is 4.40. The van der Waals surface area contributed by atoms with Crippen LogP contribution in [0, 0.1) is 0 Å². The second kappa shape index (κ2) is 7.74. The number of halogens is 3. The van der Waals surface area contributed by atoms with Crippen LogP contribution in [-0.4, -0.2) is 41.8 Å². The van der Waals surface area contributed by atoms with Gasteiger partial charge < -0.3 is 16.0 Å². The van der Waals surface area contributed by atoms with Gasteiger partial charge in [-0.2, -0.15) is 13.2 Å². The molecule has 0 saturated carbocycles. The highest BCUT2D eigenvalue weighted by Crippen LogP contribution is 2.30. The molecule has 1 heterocycles. The Hall–Kier alpha value is -1.16. The Bertz CT molecular complexity index is 475. The molecule has 120 valence electrons. The molecule has 0 aromatic carbocycles. The second-order valence-corrected chi connectivity index (χ2v) is 6.07. The zero-order valence-electron chi connectivity index (χ0n) is 11.7. The van der Waals surface area contributed by atoms with Gasteiger partial charge >= 0.3 is 5.51 Å². The van der Waals surface area contributed by atoms with Crippen LogP contribution in [0.1, 0.15) is 23.5 Å². The Kier molecular flexibility index (Phi) is 6.59. The van der Waals surface area contributed by atoms with Crippen molar-refractivity contribution >= 4 is 40.0 Å². The van der Waals surface area contributed by atoms with Crippen molar-refractivity contribution in [2.45, 2.75) is 19.4 Å². The minimum absolute atomic E-state index is 0.0824. The molecule has 3 N–H and O–H groups in total. The number of thioether (sulfide) groups is 1. The van der Waals surface area contributed by atoms with E-state index in [-0.39, 0.29) is 34.8 Å². The van der Waals surface area contributed by atoms with E-state index in [1.165, 1.54) is 0 Å². The van der Waals surface area contributed by atoms with Gasteiger partial charge in [0.05, 0.1) is 0 Å². The number of hydrogen-bond acceptors (Lipinski definition) is 6. The van der Waals surface area contributed by atoms with Gasteiger partial charge in [-0.25, -0.2) is 4.98 Å². The smallest absolute Gasteiger partial charge is 0.382 e. The molecule has 0 aliphatic heterocycles. The maximum Gasteiger partial charge on any atom is 0.441 e. The van der Waals surface area contributed by atoms with Crippen LogP contribution in [0.4, 0.5) is 24.1 Å². The molecular weight excluding hydrogens is 325 g/mol. The molecule has 0 unspecified atom stereocenters. The molecule has 0 spiro atoms. The molecule has 0 aliphatic rings. The van der Waals surface area contributed by atoms with E-state index in [9.17, 15) is 18.0 Å². The summed E-state index contributed by atoms with van der Waals surface area (Å²) in [6.45, 7) is 5.28. The monoisotopic (exact) mass is 342 g/mol. The number of hydrogen-bond donors (Lipinski definition) is 2. The highest BCUT2D eigenvalue weighted by atomic mass is 32.2. The molecule has 0 bridgehead atoms. The van der Waals surface area contributed by atoms with Crippen molar-refractivity contribution in [3.8, 4) is 0 Å². The topological polar surface area (TPSA) is 71.2 Å². The number of aromatic nitrogens is 1. The Balaban J connectivity index is 2.58. The van der Waals surface area contributed by atoms with Crippen molar-refractivity contribution in [2.24, 2.45) is 0 Å². The number of thiazole rings is 1. The SMILES string of the molecule is CCN(CC)c1nc(N)c(C(=O)NCCSC(F)(F)F)s1. The lowest BCUT2D eigenvalue weighted by atomic mass is 10.4. The van der Waals surface area contributed by atoms with Gasteiger partial charge in [-0.05, 0) is 25.6 Å². The Morgan fingerprint density at radius 3 is 2.57 bits per heavy atom. The molecule has 0 radical (unpaired) electrons. The van der Waals surface area contributed by atoms with Gasteiger partial charge in [0.1, 0.15) is 10.7 Å². The number of alkyl halides is 3. The van der Waals surface area contributed by atoms with Crippen LogP contribution in [-0.2, 0) is 0 Å². The summed E-state index contributed by atoms with van der Waals surface area (Å²) in [6, 6.07) is 0. The van der Waals surface area contributed by atoms with E-state index in [0.717, 1.165) is 24.4 Å². The molecule has 0 saturated heterocycles. The maximum absolute atomic E-state index is 12.0. The average Bonchev–Trinajstić information content (AvgIpc) is 2.77. The lowest BCUT2D eigenvalue weighted by molar-refractivity contribution is -0.0327. The molecule has 0 fully saturated rings. The van der Waals surface area contributed by atoms with Crippen LogP contribution in [0.15, 0.2) is 0 Å². The summed E-state index contributed by atoms with van der Waals surface area (Å²) in [5.74, 6) is -0.634. The third kappa shape index (κ3) is 5.62. The van der Waals surface area contributed by atoms with Crippen molar-refractivity contribution < 1.29 is 18.0 Å². The van der Waals surface area contributed by atoms with Gasteiger partial charge in [-0.3, -0.25) is 4.79 Å². The second-order valence-electron chi connectivity index (χ2n) is 3.93.